The molecule has 4 aromatic rings. The van der Waals surface area contributed by atoms with Gasteiger partial charge in [0.25, 0.3) is 5.56 Å². The number of para-hydroxylation sites is 1. The van der Waals surface area contributed by atoms with Crippen molar-refractivity contribution in [3.63, 3.8) is 0 Å². The molecule has 3 aromatic carbocycles. The van der Waals surface area contributed by atoms with Gasteiger partial charge in [-0.2, -0.15) is 0 Å². The van der Waals surface area contributed by atoms with E-state index in [1.54, 1.807) is 62.4 Å². The summed E-state index contributed by atoms with van der Waals surface area (Å²) < 4.78 is 13.3. The Balaban J connectivity index is 1.55. The second kappa shape index (κ2) is 12.0. The maximum atomic E-state index is 13.9. The van der Waals surface area contributed by atoms with Gasteiger partial charge < -0.3 is 14.6 Å². The van der Waals surface area contributed by atoms with Crippen molar-refractivity contribution < 1.29 is 24.2 Å². The number of hydrogen-bond acceptors (Lipinski definition) is 7. The summed E-state index contributed by atoms with van der Waals surface area (Å²) in [6.07, 6.45) is 1.75. The molecule has 0 unspecified atom stereocenters. The van der Waals surface area contributed by atoms with Crippen LogP contribution in [-0.2, 0) is 16.1 Å². The van der Waals surface area contributed by atoms with Crippen LogP contribution < -0.4 is 19.6 Å². The number of carbonyl (C=O) groups is 2. The predicted octanol–water partition coefficient (Wildman–Crippen LogP) is 4.73. The summed E-state index contributed by atoms with van der Waals surface area (Å²) in [6.45, 7) is 3.86. The van der Waals surface area contributed by atoms with Gasteiger partial charge in [-0.3, -0.25) is 9.36 Å². The van der Waals surface area contributed by atoms with Crippen LogP contribution in [0.1, 0.15) is 46.9 Å². The van der Waals surface area contributed by atoms with Crippen LogP contribution in [0.3, 0.4) is 0 Å². The number of esters is 1. The quantitative estimate of drug-likeness (QED) is 0.298. The van der Waals surface area contributed by atoms with Crippen LogP contribution in [0.2, 0.25) is 5.02 Å². The van der Waals surface area contributed by atoms with Crippen molar-refractivity contribution in [1.29, 1.82) is 0 Å². The molecule has 1 atom stereocenters. The number of carbonyl (C=O) groups excluding carboxylic acids is 1. The van der Waals surface area contributed by atoms with E-state index in [-0.39, 0.29) is 24.3 Å². The third-order valence-electron chi connectivity index (χ3n) is 6.50. The average Bonchev–Trinajstić information content (AvgIpc) is 3.26. The first-order chi connectivity index (χ1) is 19.8. The Morgan fingerprint density at radius 1 is 1.07 bits per heavy atom. The van der Waals surface area contributed by atoms with E-state index in [9.17, 15) is 14.4 Å². The second-order valence-corrected chi connectivity index (χ2v) is 10.6. The summed E-state index contributed by atoms with van der Waals surface area (Å²) in [7, 11) is 0. The monoisotopic (exact) mass is 588 g/mol. The molecule has 208 valence electrons. The van der Waals surface area contributed by atoms with Gasteiger partial charge in [-0.05, 0) is 61.4 Å². The lowest BCUT2D eigenvalue weighted by Gasteiger charge is -2.24. The first kappa shape index (κ1) is 28.1. The standard InChI is InChI=1S/C31H25ClN2O6S/c1-3-39-30(38)26-18(2)33-31-34(27(26)20-12-14-23(32)15-13-20)28(35)25(41-31)16-22-6-4-5-7-24(22)40-17-19-8-10-21(11-9-19)29(36)37/h4-16,27H,3,17H2,1-2H3,(H,36,37)/b25-16-/t27-/m1/s1. The molecule has 0 aliphatic carbocycles. The van der Waals surface area contributed by atoms with Crippen molar-refractivity contribution in [1.82, 2.24) is 4.57 Å². The predicted molar refractivity (Wildman–Crippen MR) is 156 cm³/mol. The molecule has 0 radical (unpaired) electrons. The lowest BCUT2D eigenvalue weighted by Crippen LogP contribution is -2.39. The van der Waals surface area contributed by atoms with E-state index in [4.69, 9.17) is 26.2 Å². The highest BCUT2D eigenvalue weighted by Crippen LogP contribution is 2.31. The molecule has 1 aliphatic heterocycles. The van der Waals surface area contributed by atoms with E-state index in [1.165, 1.54) is 28.0 Å². The van der Waals surface area contributed by atoms with Crippen molar-refractivity contribution >= 4 is 41.0 Å². The topological polar surface area (TPSA) is 107 Å². The van der Waals surface area contributed by atoms with Gasteiger partial charge in [-0.15, -0.1) is 0 Å². The summed E-state index contributed by atoms with van der Waals surface area (Å²) in [6, 6.07) is 20.0. The number of ether oxygens (including phenoxy) is 2. The van der Waals surface area contributed by atoms with Crippen LogP contribution in [0.5, 0.6) is 5.75 Å². The lowest BCUT2D eigenvalue weighted by molar-refractivity contribution is -0.139. The minimum Gasteiger partial charge on any atom is -0.488 e. The fourth-order valence-corrected chi connectivity index (χ4v) is 5.69. The van der Waals surface area contributed by atoms with Gasteiger partial charge >= 0.3 is 11.9 Å². The van der Waals surface area contributed by atoms with Crippen LogP contribution in [-0.4, -0.2) is 28.2 Å². The Kier molecular flexibility index (Phi) is 8.19. The molecule has 0 bridgehead atoms. The Morgan fingerprint density at radius 2 is 1.78 bits per heavy atom. The fourth-order valence-electron chi connectivity index (χ4n) is 4.53. The molecular formula is C31H25ClN2O6S. The molecule has 1 aromatic heterocycles. The van der Waals surface area contributed by atoms with E-state index in [2.05, 4.69) is 4.99 Å². The van der Waals surface area contributed by atoms with Crippen molar-refractivity contribution in [2.45, 2.75) is 26.5 Å². The number of fused-ring (bicyclic) bond motifs is 1. The number of nitrogens with zero attached hydrogens (tertiary/aromatic N) is 2. The van der Waals surface area contributed by atoms with Crippen molar-refractivity contribution in [2.75, 3.05) is 6.61 Å². The lowest BCUT2D eigenvalue weighted by atomic mass is 9.96. The Hall–Kier alpha value is -4.47. The molecule has 0 amide bonds. The normalized spacial score (nSPS) is 14.8. The number of thiazole rings is 1. The second-order valence-electron chi connectivity index (χ2n) is 9.18. The average molecular weight is 589 g/mol. The summed E-state index contributed by atoms with van der Waals surface area (Å²) in [5.74, 6) is -0.969. The number of allylic oxidation sites excluding steroid dienone is 1. The van der Waals surface area contributed by atoms with Crippen LogP contribution in [0.4, 0.5) is 0 Å². The molecule has 1 N–H and O–H groups in total. The molecule has 0 spiro atoms. The Morgan fingerprint density at radius 3 is 2.46 bits per heavy atom. The van der Waals surface area contributed by atoms with Crippen LogP contribution in [0.25, 0.3) is 6.08 Å². The SMILES string of the molecule is CCOC(=O)C1=C(C)N=c2s/c(=C\c3ccccc3OCc3ccc(C(=O)O)cc3)c(=O)n2[C@@H]1c1ccc(Cl)cc1. The first-order valence-electron chi connectivity index (χ1n) is 12.8. The highest BCUT2D eigenvalue weighted by atomic mass is 35.5. The number of rotatable bonds is 8. The molecule has 41 heavy (non-hydrogen) atoms. The molecule has 0 saturated carbocycles. The largest absolute Gasteiger partial charge is 0.488 e. The molecular weight excluding hydrogens is 564 g/mol. The summed E-state index contributed by atoms with van der Waals surface area (Å²) in [5.41, 5.74) is 2.86. The number of carboxylic acids is 1. The van der Waals surface area contributed by atoms with Gasteiger partial charge in [0.1, 0.15) is 12.4 Å². The Bertz CT molecular complexity index is 1840. The van der Waals surface area contributed by atoms with Crippen molar-refractivity contribution in [3.8, 4) is 5.75 Å². The van der Waals surface area contributed by atoms with Crippen molar-refractivity contribution in [2.24, 2.45) is 4.99 Å². The minimum atomic E-state index is -0.993. The minimum absolute atomic E-state index is 0.188. The Labute approximate surface area is 244 Å². The summed E-state index contributed by atoms with van der Waals surface area (Å²) in [5, 5.41) is 9.65. The van der Waals surface area contributed by atoms with Crippen molar-refractivity contribution in [3.05, 3.63) is 131 Å². The van der Waals surface area contributed by atoms with Gasteiger partial charge in [0, 0.05) is 10.6 Å². The molecule has 1 aliphatic rings. The van der Waals surface area contributed by atoms with E-state index in [0.717, 1.165) is 5.56 Å². The van der Waals surface area contributed by atoms with Crippen LogP contribution >= 0.6 is 22.9 Å². The zero-order chi connectivity index (χ0) is 29.1. The fraction of sp³-hybridized carbons (Fsp3) is 0.161. The van der Waals surface area contributed by atoms with Gasteiger partial charge in [-0.1, -0.05) is 65.4 Å². The van der Waals surface area contributed by atoms with E-state index in [0.29, 0.717) is 42.5 Å². The highest BCUT2D eigenvalue weighted by molar-refractivity contribution is 7.07. The smallest absolute Gasteiger partial charge is 0.338 e. The third kappa shape index (κ3) is 5.86. The van der Waals surface area contributed by atoms with E-state index in [1.807, 2.05) is 18.2 Å². The third-order valence-corrected chi connectivity index (χ3v) is 7.74. The summed E-state index contributed by atoms with van der Waals surface area (Å²) >= 11 is 7.35. The maximum absolute atomic E-state index is 13.9. The number of carboxylic acid groups (broad SMARTS) is 1. The molecule has 2 heterocycles. The number of hydrogen-bond donors (Lipinski definition) is 1. The zero-order valence-corrected chi connectivity index (χ0v) is 23.7. The molecule has 0 saturated heterocycles. The van der Waals surface area contributed by atoms with E-state index < -0.39 is 18.0 Å². The number of benzene rings is 3. The maximum Gasteiger partial charge on any atom is 0.338 e. The molecule has 5 rings (SSSR count). The number of aromatic carboxylic acids is 1. The molecule has 0 fully saturated rings. The molecule has 10 heteroatoms. The van der Waals surface area contributed by atoms with E-state index >= 15 is 0 Å². The summed E-state index contributed by atoms with van der Waals surface area (Å²) in [4.78, 5) is 43.1. The van der Waals surface area contributed by atoms with Gasteiger partial charge in [-0.25, -0.2) is 14.6 Å². The zero-order valence-electron chi connectivity index (χ0n) is 22.2. The van der Waals surface area contributed by atoms with Gasteiger partial charge in [0.15, 0.2) is 4.80 Å². The number of aromatic nitrogens is 1. The highest BCUT2D eigenvalue weighted by Gasteiger charge is 2.33. The van der Waals surface area contributed by atoms with Crippen LogP contribution in [0.15, 0.2) is 93.9 Å². The first-order valence-corrected chi connectivity index (χ1v) is 14.0. The number of halogens is 1. The van der Waals surface area contributed by atoms with Gasteiger partial charge in [0.05, 0.1) is 34.0 Å². The van der Waals surface area contributed by atoms with Crippen LogP contribution in [0, 0.1) is 0 Å². The van der Waals surface area contributed by atoms with Gasteiger partial charge in [0.2, 0.25) is 0 Å². The molecule has 8 nitrogen and oxygen atoms in total.